The Morgan fingerprint density at radius 2 is 2.05 bits per heavy atom. The maximum Gasteiger partial charge on any atom is 0.417 e. The molecule has 2 aromatic heterocycles. The number of rotatable bonds is 3. The van der Waals surface area contributed by atoms with Crippen molar-refractivity contribution in [3.8, 4) is 0 Å². The Balaban J connectivity index is 1.89. The summed E-state index contributed by atoms with van der Waals surface area (Å²) in [6.07, 6.45) is -2.83. The van der Waals surface area contributed by atoms with Crippen molar-refractivity contribution in [1.82, 2.24) is 4.98 Å². The molecule has 8 heteroatoms. The van der Waals surface area contributed by atoms with E-state index in [1.54, 1.807) is 12.1 Å². The predicted octanol–water partition coefficient (Wildman–Crippen LogP) is 5.13. The van der Waals surface area contributed by atoms with Crippen molar-refractivity contribution < 1.29 is 13.2 Å². The first-order valence-corrected chi connectivity index (χ1v) is 7.99. The highest BCUT2D eigenvalue weighted by molar-refractivity contribution is 7.17. The number of aromatic nitrogens is 1. The van der Waals surface area contributed by atoms with Crippen LogP contribution < -0.4 is 5.43 Å². The van der Waals surface area contributed by atoms with Gasteiger partial charge < -0.3 is 0 Å². The van der Waals surface area contributed by atoms with Gasteiger partial charge in [0.05, 0.1) is 17.5 Å². The number of anilines is 1. The lowest BCUT2D eigenvalue weighted by Crippen LogP contribution is -2.03. The highest BCUT2D eigenvalue weighted by Crippen LogP contribution is 2.39. The molecule has 3 nitrogen and oxygen atoms in total. The van der Waals surface area contributed by atoms with Crippen LogP contribution >= 0.6 is 22.7 Å². The number of fused-ring (bicyclic) bond motifs is 1. The fourth-order valence-electron chi connectivity index (χ4n) is 1.96. The first-order chi connectivity index (χ1) is 10.4. The van der Waals surface area contributed by atoms with E-state index in [0.717, 1.165) is 22.4 Å². The number of aryl methyl sites for hydroxylation is 1. The lowest BCUT2D eigenvalue weighted by molar-refractivity contribution is -0.136. The molecule has 1 N–H and O–H groups in total. The Morgan fingerprint density at radius 3 is 2.73 bits per heavy atom. The minimum atomic E-state index is -4.34. The second kappa shape index (κ2) is 5.69. The summed E-state index contributed by atoms with van der Waals surface area (Å²) in [5.74, 6) is 0. The van der Waals surface area contributed by atoms with Crippen molar-refractivity contribution in [2.75, 3.05) is 5.43 Å². The maximum absolute atomic E-state index is 12.9. The van der Waals surface area contributed by atoms with E-state index in [0.29, 0.717) is 15.4 Å². The summed E-state index contributed by atoms with van der Waals surface area (Å²) in [6, 6.07) is 4.81. The van der Waals surface area contributed by atoms with Crippen molar-refractivity contribution in [2.24, 2.45) is 5.10 Å². The van der Waals surface area contributed by atoms with Crippen LogP contribution in [0.1, 0.15) is 16.8 Å². The van der Waals surface area contributed by atoms with Gasteiger partial charge in [-0.05, 0) is 6.92 Å². The molecule has 0 bridgehead atoms. The molecular weight excluding hydrogens is 331 g/mol. The average Bonchev–Trinajstić information content (AvgIpc) is 3.05. The number of thiophene rings is 1. The van der Waals surface area contributed by atoms with Crippen LogP contribution in [0.25, 0.3) is 10.1 Å². The van der Waals surface area contributed by atoms with E-state index in [4.69, 9.17) is 0 Å². The van der Waals surface area contributed by atoms with Crippen molar-refractivity contribution >= 4 is 44.1 Å². The van der Waals surface area contributed by atoms with Gasteiger partial charge >= 0.3 is 6.18 Å². The number of alkyl halides is 3. The van der Waals surface area contributed by atoms with Crippen LogP contribution in [0, 0.1) is 6.92 Å². The third-order valence-electron chi connectivity index (χ3n) is 2.92. The van der Waals surface area contributed by atoms with Crippen molar-refractivity contribution in [3.63, 3.8) is 0 Å². The van der Waals surface area contributed by atoms with E-state index < -0.39 is 11.7 Å². The number of halogens is 3. The van der Waals surface area contributed by atoms with Gasteiger partial charge in [0.2, 0.25) is 5.13 Å². The topological polar surface area (TPSA) is 37.3 Å². The van der Waals surface area contributed by atoms with Crippen molar-refractivity contribution in [1.29, 1.82) is 0 Å². The molecule has 0 aliphatic rings. The molecule has 0 amide bonds. The van der Waals surface area contributed by atoms with Crippen LogP contribution in [-0.4, -0.2) is 11.2 Å². The van der Waals surface area contributed by atoms with E-state index in [2.05, 4.69) is 15.5 Å². The molecule has 0 aliphatic heterocycles. The van der Waals surface area contributed by atoms with Gasteiger partial charge in [0.25, 0.3) is 0 Å². The average molecular weight is 341 g/mol. The quantitative estimate of drug-likeness (QED) is 0.529. The predicted molar refractivity (Wildman–Crippen MR) is 84.9 cm³/mol. The number of nitrogens with zero attached hydrogens (tertiary/aromatic N) is 2. The highest BCUT2D eigenvalue weighted by Gasteiger charge is 2.33. The Kier molecular flexibility index (Phi) is 3.88. The molecule has 0 radical (unpaired) electrons. The molecule has 114 valence electrons. The van der Waals surface area contributed by atoms with Gasteiger partial charge in [0.15, 0.2) is 0 Å². The minimum Gasteiger partial charge on any atom is -0.253 e. The molecule has 0 unspecified atom stereocenters. The van der Waals surface area contributed by atoms with Crippen LogP contribution in [0.3, 0.4) is 0 Å². The Bertz CT molecular complexity index is 833. The first-order valence-electron chi connectivity index (χ1n) is 6.24. The summed E-state index contributed by atoms with van der Waals surface area (Å²) in [6.45, 7) is 1.87. The number of thiazole rings is 1. The number of hydrogen-bond acceptors (Lipinski definition) is 5. The number of nitrogens with one attached hydrogen (secondary N) is 1. The highest BCUT2D eigenvalue weighted by atomic mass is 32.1. The van der Waals surface area contributed by atoms with E-state index in [1.165, 1.54) is 23.6 Å². The lowest BCUT2D eigenvalue weighted by atomic mass is 10.1. The van der Waals surface area contributed by atoms with Crippen molar-refractivity contribution in [3.05, 3.63) is 45.8 Å². The van der Waals surface area contributed by atoms with E-state index in [9.17, 15) is 13.2 Å². The smallest absolute Gasteiger partial charge is 0.253 e. The van der Waals surface area contributed by atoms with Gasteiger partial charge in [-0.1, -0.05) is 18.2 Å². The summed E-state index contributed by atoms with van der Waals surface area (Å²) >= 11 is 2.48. The first kappa shape index (κ1) is 15.0. The van der Waals surface area contributed by atoms with Crippen LogP contribution in [0.2, 0.25) is 0 Å². The molecule has 0 atom stereocenters. The summed E-state index contributed by atoms with van der Waals surface area (Å²) in [4.78, 5) is 4.19. The molecule has 0 aliphatic carbocycles. The zero-order valence-corrected chi connectivity index (χ0v) is 12.9. The van der Waals surface area contributed by atoms with Crippen LogP contribution in [0.4, 0.5) is 18.3 Å². The van der Waals surface area contributed by atoms with Gasteiger partial charge in [-0.25, -0.2) is 4.98 Å². The van der Waals surface area contributed by atoms with Crippen molar-refractivity contribution in [2.45, 2.75) is 13.1 Å². The van der Waals surface area contributed by atoms with E-state index in [-0.39, 0.29) is 5.39 Å². The second-order valence-corrected chi connectivity index (χ2v) is 6.27. The summed E-state index contributed by atoms with van der Waals surface area (Å²) in [5, 5.41) is 7.91. The molecule has 0 saturated heterocycles. The molecule has 3 rings (SSSR count). The monoisotopic (exact) mass is 341 g/mol. The fraction of sp³-hybridized carbons (Fsp3) is 0.143. The SMILES string of the molecule is Cc1csc(NN=Cc2cccc3c(C(F)(F)F)csc23)n1. The lowest BCUT2D eigenvalue weighted by Gasteiger charge is -2.04. The number of benzene rings is 1. The van der Waals surface area contributed by atoms with Crippen LogP contribution in [0.15, 0.2) is 34.1 Å². The largest absolute Gasteiger partial charge is 0.417 e. The zero-order chi connectivity index (χ0) is 15.7. The molecule has 3 aromatic rings. The van der Waals surface area contributed by atoms with Crippen LogP contribution in [-0.2, 0) is 6.18 Å². The number of hydrogen-bond donors (Lipinski definition) is 1. The van der Waals surface area contributed by atoms with Gasteiger partial charge in [-0.2, -0.15) is 18.3 Å². The van der Waals surface area contributed by atoms with Gasteiger partial charge in [0, 0.05) is 26.4 Å². The molecule has 1 aromatic carbocycles. The summed E-state index contributed by atoms with van der Waals surface area (Å²) in [5.41, 5.74) is 3.69. The second-order valence-electron chi connectivity index (χ2n) is 4.54. The molecule has 22 heavy (non-hydrogen) atoms. The number of hydrazone groups is 1. The zero-order valence-electron chi connectivity index (χ0n) is 11.3. The molecule has 0 saturated carbocycles. The standard InChI is InChI=1S/C14H10F3N3S2/c1-8-6-22-13(19-8)20-18-5-9-3-2-4-10-11(14(15,16)17)7-21-12(9)10/h2-7H,1H3,(H,19,20). The van der Waals surface area contributed by atoms with E-state index in [1.807, 2.05) is 12.3 Å². The third kappa shape index (κ3) is 2.97. The summed E-state index contributed by atoms with van der Waals surface area (Å²) < 4.78 is 39.3. The van der Waals surface area contributed by atoms with Crippen LogP contribution in [0.5, 0.6) is 0 Å². The normalized spacial score (nSPS) is 12.4. The summed E-state index contributed by atoms with van der Waals surface area (Å²) in [7, 11) is 0. The van der Waals surface area contributed by atoms with Gasteiger partial charge in [-0.3, -0.25) is 5.43 Å². The van der Waals surface area contributed by atoms with E-state index >= 15 is 0 Å². The Morgan fingerprint density at radius 1 is 1.23 bits per heavy atom. The molecular formula is C14H10F3N3S2. The van der Waals surface area contributed by atoms with Gasteiger partial charge in [-0.15, -0.1) is 22.7 Å². The fourth-order valence-corrected chi connectivity index (χ4v) is 3.66. The Hall–Kier alpha value is -1.93. The molecule has 0 spiro atoms. The minimum absolute atomic E-state index is 0.201. The van der Waals surface area contributed by atoms with Gasteiger partial charge in [0.1, 0.15) is 0 Å². The maximum atomic E-state index is 12.9. The third-order valence-corrected chi connectivity index (χ3v) is 4.83. The molecule has 2 heterocycles. The molecule has 0 fully saturated rings. The Labute approximate surface area is 132 Å².